The van der Waals surface area contributed by atoms with Crippen LogP contribution in [-0.2, 0) is 5.33 Å². The molecule has 0 saturated carbocycles. The van der Waals surface area contributed by atoms with E-state index in [9.17, 15) is 0 Å². The van der Waals surface area contributed by atoms with E-state index in [4.69, 9.17) is 27.9 Å². The molecule has 0 aromatic heterocycles. The van der Waals surface area contributed by atoms with Crippen molar-refractivity contribution in [1.29, 1.82) is 0 Å². The van der Waals surface area contributed by atoms with Crippen LogP contribution in [0.15, 0.2) is 12.1 Å². The van der Waals surface area contributed by atoms with E-state index in [2.05, 4.69) is 15.9 Å². The van der Waals surface area contributed by atoms with Gasteiger partial charge in [0.15, 0.2) is 0 Å². The molecule has 0 bridgehead atoms. The van der Waals surface area contributed by atoms with E-state index < -0.39 is 0 Å². The molecule has 1 nitrogen and oxygen atoms in total. The van der Waals surface area contributed by atoms with Crippen molar-refractivity contribution in [1.82, 2.24) is 0 Å². The van der Waals surface area contributed by atoms with Crippen LogP contribution in [0, 0.1) is 0 Å². The Bertz CT molecular complexity index is 263. The van der Waals surface area contributed by atoms with E-state index in [0.29, 0.717) is 21.1 Å². The van der Waals surface area contributed by atoms with Gasteiger partial charge < -0.3 is 4.74 Å². The Kier molecular flexibility index (Phi) is 3.69. The molecule has 0 unspecified atom stereocenters. The molecule has 0 fully saturated rings. The van der Waals surface area contributed by atoms with Crippen LogP contribution in [-0.4, -0.2) is 7.11 Å². The first kappa shape index (κ1) is 10.2. The number of hydrogen-bond acceptors (Lipinski definition) is 1. The van der Waals surface area contributed by atoms with Crippen LogP contribution < -0.4 is 4.74 Å². The molecule has 0 saturated heterocycles. The molecule has 0 atom stereocenters. The molecule has 0 aliphatic rings. The van der Waals surface area contributed by atoms with E-state index in [0.717, 1.165) is 5.56 Å². The van der Waals surface area contributed by atoms with Gasteiger partial charge in [-0.05, 0) is 11.6 Å². The molecule has 0 amide bonds. The van der Waals surface area contributed by atoms with Crippen LogP contribution >= 0.6 is 39.1 Å². The summed E-state index contributed by atoms with van der Waals surface area (Å²) in [6, 6.07) is 3.50. The van der Waals surface area contributed by atoms with Crippen molar-refractivity contribution in [2.24, 2.45) is 0 Å². The zero-order valence-corrected chi connectivity index (χ0v) is 9.50. The minimum Gasteiger partial charge on any atom is -0.495 e. The molecule has 4 heteroatoms. The van der Waals surface area contributed by atoms with Gasteiger partial charge in [-0.15, -0.1) is 0 Å². The summed E-state index contributed by atoms with van der Waals surface area (Å²) in [6.07, 6.45) is 0. The molecule has 0 aliphatic heterocycles. The highest BCUT2D eigenvalue weighted by Crippen LogP contribution is 2.32. The van der Waals surface area contributed by atoms with Crippen molar-refractivity contribution in [2.75, 3.05) is 7.11 Å². The lowest BCUT2D eigenvalue weighted by atomic mass is 10.2. The normalized spacial score (nSPS) is 10.0. The van der Waals surface area contributed by atoms with Gasteiger partial charge in [0.2, 0.25) is 0 Å². The Morgan fingerprint density at radius 2 is 2.08 bits per heavy atom. The molecule has 1 rings (SSSR count). The second-order valence-corrected chi connectivity index (χ2v) is 3.59. The number of hydrogen-bond donors (Lipinski definition) is 0. The second-order valence-electron chi connectivity index (χ2n) is 2.21. The average molecular weight is 270 g/mol. The number of methoxy groups -OCH3 is 1. The molecular weight excluding hydrogens is 263 g/mol. The standard InChI is InChI=1S/C8H7BrCl2O/c1-12-7-3-6(10)2-5(4-9)8(7)11/h2-3H,4H2,1H3. The highest BCUT2D eigenvalue weighted by atomic mass is 79.9. The van der Waals surface area contributed by atoms with Crippen molar-refractivity contribution in [3.8, 4) is 5.75 Å². The van der Waals surface area contributed by atoms with E-state index in [1.807, 2.05) is 0 Å². The number of halogens is 3. The van der Waals surface area contributed by atoms with Gasteiger partial charge in [-0.3, -0.25) is 0 Å². The summed E-state index contributed by atoms with van der Waals surface area (Å²) in [5, 5.41) is 1.91. The highest BCUT2D eigenvalue weighted by molar-refractivity contribution is 9.08. The maximum absolute atomic E-state index is 5.97. The molecule has 0 N–H and O–H groups in total. The maximum Gasteiger partial charge on any atom is 0.139 e. The maximum atomic E-state index is 5.97. The van der Waals surface area contributed by atoms with Gasteiger partial charge >= 0.3 is 0 Å². The third kappa shape index (κ3) is 2.06. The van der Waals surface area contributed by atoms with Crippen molar-refractivity contribution < 1.29 is 4.74 Å². The quantitative estimate of drug-likeness (QED) is 0.740. The van der Waals surface area contributed by atoms with Crippen LogP contribution in [0.4, 0.5) is 0 Å². The molecule has 0 aliphatic carbocycles. The lowest BCUT2D eigenvalue weighted by Crippen LogP contribution is -1.88. The summed E-state index contributed by atoms with van der Waals surface area (Å²) in [5.74, 6) is 0.610. The van der Waals surface area contributed by atoms with Crippen LogP contribution in [0.25, 0.3) is 0 Å². The van der Waals surface area contributed by atoms with Crippen molar-refractivity contribution >= 4 is 39.1 Å². The molecular formula is C8H7BrCl2O. The SMILES string of the molecule is COc1cc(Cl)cc(CBr)c1Cl. The van der Waals surface area contributed by atoms with Crippen LogP contribution in [0.3, 0.4) is 0 Å². The lowest BCUT2D eigenvalue weighted by Gasteiger charge is -2.06. The van der Waals surface area contributed by atoms with Crippen LogP contribution in [0.2, 0.25) is 10.0 Å². The Morgan fingerprint density at radius 1 is 1.42 bits per heavy atom. The van der Waals surface area contributed by atoms with Crippen molar-refractivity contribution in [2.45, 2.75) is 5.33 Å². The molecule has 66 valence electrons. The predicted octanol–water partition coefficient (Wildman–Crippen LogP) is 3.90. The summed E-state index contributed by atoms with van der Waals surface area (Å²) in [4.78, 5) is 0. The fourth-order valence-electron chi connectivity index (χ4n) is 0.864. The summed E-state index contributed by atoms with van der Waals surface area (Å²) in [7, 11) is 1.57. The van der Waals surface area contributed by atoms with E-state index in [1.54, 1.807) is 19.2 Å². The first-order valence-electron chi connectivity index (χ1n) is 3.27. The zero-order valence-electron chi connectivity index (χ0n) is 6.40. The number of rotatable bonds is 2. The van der Waals surface area contributed by atoms with Gasteiger partial charge in [0, 0.05) is 16.4 Å². The Hall–Kier alpha value is 0.0800. The Morgan fingerprint density at radius 3 is 2.58 bits per heavy atom. The Balaban J connectivity index is 3.22. The molecule has 0 radical (unpaired) electrons. The smallest absolute Gasteiger partial charge is 0.139 e. The number of benzene rings is 1. The summed E-state index contributed by atoms with van der Waals surface area (Å²) in [6.45, 7) is 0. The fraction of sp³-hybridized carbons (Fsp3) is 0.250. The van der Waals surface area contributed by atoms with Gasteiger partial charge in [-0.1, -0.05) is 39.1 Å². The van der Waals surface area contributed by atoms with Crippen molar-refractivity contribution in [3.63, 3.8) is 0 Å². The molecule has 0 spiro atoms. The van der Waals surface area contributed by atoms with Gasteiger partial charge in [-0.25, -0.2) is 0 Å². The summed E-state index contributed by atoms with van der Waals surface area (Å²) in [5.41, 5.74) is 0.931. The highest BCUT2D eigenvalue weighted by Gasteiger charge is 2.07. The first-order chi connectivity index (χ1) is 5.69. The number of ether oxygens (including phenoxy) is 1. The van der Waals surface area contributed by atoms with Gasteiger partial charge in [0.25, 0.3) is 0 Å². The molecule has 1 aromatic carbocycles. The first-order valence-corrected chi connectivity index (χ1v) is 5.14. The second kappa shape index (κ2) is 4.35. The van der Waals surface area contributed by atoms with E-state index >= 15 is 0 Å². The third-order valence-corrected chi connectivity index (χ3v) is 2.69. The average Bonchev–Trinajstić information content (AvgIpc) is 2.08. The van der Waals surface area contributed by atoms with Gasteiger partial charge in [-0.2, -0.15) is 0 Å². The Labute approximate surface area is 89.7 Å². The molecule has 0 heterocycles. The molecule has 1 aromatic rings. The monoisotopic (exact) mass is 268 g/mol. The minimum atomic E-state index is 0.610. The van der Waals surface area contributed by atoms with E-state index in [-0.39, 0.29) is 0 Å². The van der Waals surface area contributed by atoms with Crippen LogP contribution in [0.5, 0.6) is 5.75 Å². The van der Waals surface area contributed by atoms with E-state index in [1.165, 1.54) is 0 Å². The summed E-state index contributed by atoms with van der Waals surface area (Å²) < 4.78 is 5.03. The zero-order chi connectivity index (χ0) is 9.14. The predicted molar refractivity (Wildman–Crippen MR) is 55.6 cm³/mol. The largest absolute Gasteiger partial charge is 0.495 e. The van der Waals surface area contributed by atoms with Gasteiger partial charge in [0.05, 0.1) is 12.1 Å². The minimum absolute atomic E-state index is 0.610. The topological polar surface area (TPSA) is 9.23 Å². The third-order valence-electron chi connectivity index (χ3n) is 1.44. The molecule has 12 heavy (non-hydrogen) atoms. The fourth-order valence-corrected chi connectivity index (χ4v) is 1.95. The lowest BCUT2D eigenvalue weighted by molar-refractivity contribution is 0.414. The van der Waals surface area contributed by atoms with Gasteiger partial charge in [0.1, 0.15) is 5.75 Å². The summed E-state index contributed by atoms with van der Waals surface area (Å²) >= 11 is 15.1. The number of alkyl halides is 1. The van der Waals surface area contributed by atoms with Crippen LogP contribution in [0.1, 0.15) is 5.56 Å². The van der Waals surface area contributed by atoms with Crippen molar-refractivity contribution in [3.05, 3.63) is 27.7 Å².